The molecule has 0 atom stereocenters. The van der Waals surface area contributed by atoms with Crippen LogP contribution in [-0.4, -0.2) is 38.9 Å². The molecule has 4 heteroatoms. The van der Waals surface area contributed by atoms with Crippen molar-refractivity contribution in [2.45, 2.75) is 25.9 Å². The molecule has 0 unspecified atom stereocenters. The van der Waals surface area contributed by atoms with E-state index in [9.17, 15) is 4.79 Å². The maximum Gasteiger partial charge on any atom is 0.332 e. The van der Waals surface area contributed by atoms with E-state index in [0.29, 0.717) is 12.5 Å². The molecule has 0 aliphatic heterocycles. The molecule has 0 radical (unpaired) electrons. The Morgan fingerprint density at radius 1 is 1.50 bits per heavy atom. The van der Waals surface area contributed by atoms with E-state index in [-0.39, 0.29) is 18.7 Å². The molecule has 1 aliphatic carbocycles. The van der Waals surface area contributed by atoms with Crippen molar-refractivity contribution in [3.63, 3.8) is 0 Å². The summed E-state index contributed by atoms with van der Waals surface area (Å²) in [5.41, 5.74) is 0. The zero-order valence-corrected chi connectivity index (χ0v) is 8.91. The van der Waals surface area contributed by atoms with Crippen LogP contribution < -0.4 is 5.32 Å². The smallest absolute Gasteiger partial charge is 0.332 e. The van der Waals surface area contributed by atoms with Gasteiger partial charge in [-0.1, -0.05) is 0 Å². The molecule has 1 N–H and O–H groups in total. The summed E-state index contributed by atoms with van der Waals surface area (Å²) in [4.78, 5) is 10.9. The van der Waals surface area contributed by atoms with Gasteiger partial charge in [0.25, 0.3) is 0 Å². The average Bonchev–Trinajstić information content (AvgIpc) is 2.09. The molecule has 1 aliphatic rings. The Kier molecular flexibility index (Phi) is 4.90. The first kappa shape index (κ1) is 11.5. The quantitative estimate of drug-likeness (QED) is 0.638. The van der Waals surface area contributed by atoms with E-state index < -0.39 is 0 Å². The summed E-state index contributed by atoms with van der Waals surface area (Å²) in [5.74, 6) is 0.455. The first-order chi connectivity index (χ1) is 6.76. The van der Waals surface area contributed by atoms with E-state index in [0.717, 1.165) is 19.4 Å². The molecule has 0 bridgehead atoms. The SMILES string of the molecule is CCOC(=O)COC1CC(CNC)C1. The van der Waals surface area contributed by atoms with Crippen molar-refractivity contribution in [3.8, 4) is 0 Å². The molecule has 0 aromatic carbocycles. The predicted octanol–water partition coefficient (Wildman–Crippen LogP) is 0.564. The van der Waals surface area contributed by atoms with E-state index in [1.165, 1.54) is 0 Å². The van der Waals surface area contributed by atoms with Crippen molar-refractivity contribution in [3.05, 3.63) is 0 Å². The van der Waals surface area contributed by atoms with Gasteiger partial charge in [0.05, 0.1) is 12.7 Å². The second-order valence-electron chi connectivity index (χ2n) is 3.63. The van der Waals surface area contributed by atoms with Gasteiger partial charge in [0.2, 0.25) is 0 Å². The molecule has 0 heterocycles. The zero-order chi connectivity index (χ0) is 10.4. The summed E-state index contributed by atoms with van der Waals surface area (Å²) in [6, 6.07) is 0. The van der Waals surface area contributed by atoms with Crippen LogP contribution in [0.4, 0.5) is 0 Å². The van der Waals surface area contributed by atoms with Crippen molar-refractivity contribution < 1.29 is 14.3 Å². The van der Waals surface area contributed by atoms with E-state index in [2.05, 4.69) is 5.32 Å². The Labute approximate surface area is 85.0 Å². The number of esters is 1. The fourth-order valence-corrected chi connectivity index (χ4v) is 1.65. The van der Waals surface area contributed by atoms with Crippen molar-refractivity contribution >= 4 is 5.97 Å². The van der Waals surface area contributed by atoms with Gasteiger partial charge >= 0.3 is 5.97 Å². The first-order valence-corrected chi connectivity index (χ1v) is 5.18. The van der Waals surface area contributed by atoms with Crippen LogP contribution in [-0.2, 0) is 14.3 Å². The molecular formula is C10H19NO3. The Morgan fingerprint density at radius 2 is 2.21 bits per heavy atom. The summed E-state index contributed by atoms with van der Waals surface area (Å²) in [6.45, 7) is 3.36. The molecule has 0 aromatic rings. The topological polar surface area (TPSA) is 47.6 Å². The van der Waals surface area contributed by atoms with E-state index in [1.807, 2.05) is 7.05 Å². The fraction of sp³-hybridized carbons (Fsp3) is 0.900. The molecule has 4 nitrogen and oxygen atoms in total. The molecular weight excluding hydrogens is 182 g/mol. The lowest BCUT2D eigenvalue weighted by atomic mass is 9.82. The minimum Gasteiger partial charge on any atom is -0.464 e. The summed E-state index contributed by atoms with van der Waals surface area (Å²) in [6.07, 6.45) is 2.37. The number of rotatable bonds is 6. The number of ether oxygens (including phenoxy) is 2. The van der Waals surface area contributed by atoms with Gasteiger partial charge < -0.3 is 14.8 Å². The normalized spacial score (nSPS) is 25.6. The van der Waals surface area contributed by atoms with Crippen LogP contribution in [0.3, 0.4) is 0 Å². The van der Waals surface area contributed by atoms with Gasteiger partial charge in [-0.25, -0.2) is 4.79 Å². The number of hydrogen-bond donors (Lipinski definition) is 1. The lowest BCUT2D eigenvalue weighted by Gasteiger charge is -2.34. The molecule has 0 spiro atoms. The molecule has 1 rings (SSSR count). The highest BCUT2D eigenvalue weighted by Gasteiger charge is 2.29. The highest BCUT2D eigenvalue weighted by Crippen LogP contribution is 2.29. The summed E-state index contributed by atoms with van der Waals surface area (Å²) < 4.78 is 10.1. The second kappa shape index (κ2) is 5.98. The molecule has 0 aromatic heterocycles. The first-order valence-electron chi connectivity index (χ1n) is 5.18. The number of nitrogens with one attached hydrogen (secondary N) is 1. The molecule has 14 heavy (non-hydrogen) atoms. The second-order valence-corrected chi connectivity index (χ2v) is 3.63. The van der Waals surface area contributed by atoms with Gasteiger partial charge in [-0.3, -0.25) is 0 Å². The summed E-state index contributed by atoms with van der Waals surface area (Å²) in [7, 11) is 1.95. The minimum absolute atomic E-state index is 0.102. The van der Waals surface area contributed by atoms with Gasteiger partial charge in [0.15, 0.2) is 0 Å². The number of carbonyl (C=O) groups excluding carboxylic acids is 1. The highest BCUT2D eigenvalue weighted by molar-refractivity contribution is 5.70. The van der Waals surface area contributed by atoms with Crippen LogP contribution in [0.5, 0.6) is 0 Å². The van der Waals surface area contributed by atoms with Crippen LogP contribution in [0.2, 0.25) is 0 Å². The van der Waals surface area contributed by atoms with Crippen molar-refractivity contribution in [2.24, 2.45) is 5.92 Å². The van der Waals surface area contributed by atoms with Crippen LogP contribution >= 0.6 is 0 Å². The summed E-state index contributed by atoms with van der Waals surface area (Å²) >= 11 is 0. The maximum atomic E-state index is 10.9. The highest BCUT2D eigenvalue weighted by atomic mass is 16.6. The van der Waals surface area contributed by atoms with Gasteiger partial charge in [-0.05, 0) is 39.3 Å². The Bertz CT molecular complexity index is 178. The van der Waals surface area contributed by atoms with Crippen LogP contribution in [0.15, 0.2) is 0 Å². The van der Waals surface area contributed by atoms with Gasteiger partial charge in [0.1, 0.15) is 6.61 Å². The minimum atomic E-state index is -0.260. The molecule has 82 valence electrons. The van der Waals surface area contributed by atoms with E-state index >= 15 is 0 Å². The van der Waals surface area contributed by atoms with Crippen LogP contribution in [0.1, 0.15) is 19.8 Å². The Morgan fingerprint density at radius 3 is 2.79 bits per heavy atom. The standard InChI is InChI=1S/C10H19NO3/c1-3-13-10(12)7-14-9-4-8(5-9)6-11-2/h8-9,11H,3-7H2,1-2H3. The lowest BCUT2D eigenvalue weighted by Crippen LogP contribution is -2.37. The zero-order valence-electron chi connectivity index (χ0n) is 8.91. The van der Waals surface area contributed by atoms with E-state index in [4.69, 9.17) is 9.47 Å². The maximum absolute atomic E-state index is 10.9. The third-order valence-electron chi connectivity index (χ3n) is 2.43. The number of carbonyl (C=O) groups is 1. The number of hydrogen-bond acceptors (Lipinski definition) is 4. The van der Waals surface area contributed by atoms with Crippen LogP contribution in [0, 0.1) is 5.92 Å². The molecule has 1 saturated carbocycles. The molecule has 0 amide bonds. The van der Waals surface area contributed by atoms with Gasteiger partial charge in [0, 0.05) is 0 Å². The lowest BCUT2D eigenvalue weighted by molar-refractivity contribution is -0.153. The Hall–Kier alpha value is -0.610. The summed E-state index contributed by atoms with van der Waals surface area (Å²) in [5, 5.41) is 3.13. The van der Waals surface area contributed by atoms with Crippen LogP contribution in [0.25, 0.3) is 0 Å². The van der Waals surface area contributed by atoms with E-state index in [1.54, 1.807) is 6.92 Å². The monoisotopic (exact) mass is 201 g/mol. The fourth-order valence-electron chi connectivity index (χ4n) is 1.65. The van der Waals surface area contributed by atoms with Crippen molar-refractivity contribution in [1.29, 1.82) is 0 Å². The third kappa shape index (κ3) is 3.64. The Balaban J connectivity index is 1.97. The van der Waals surface area contributed by atoms with Gasteiger partial charge in [-0.2, -0.15) is 0 Å². The molecule has 1 fully saturated rings. The van der Waals surface area contributed by atoms with Crippen molar-refractivity contribution in [2.75, 3.05) is 26.8 Å². The third-order valence-corrected chi connectivity index (χ3v) is 2.43. The van der Waals surface area contributed by atoms with Crippen molar-refractivity contribution in [1.82, 2.24) is 5.32 Å². The average molecular weight is 201 g/mol. The predicted molar refractivity (Wildman–Crippen MR) is 53.0 cm³/mol. The largest absolute Gasteiger partial charge is 0.464 e. The van der Waals surface area contributed by atoms with Gasteiger partial charge in [-0.15, -0.1) is 0 Å². The molecule has 0 saturated heterocycles.